The van der Waals surface area contributed by atoms with Crippen LogP contribution in [0.1, 0.15) is 5.56 Å². The van der Waals surface area contributed by atoms with Gasteiger partial charge in [-0.1, -0.05) is 11.6 Å². The minimum absolute atomic E-state index is 0.0397. The van der Waals surface area contributed by atoms with E-state index in [9.17, 15) is 4.79 Å². The molecule has 0 unspecified atom stereocenters. The first-order valence-corrected chi connectivity index (χ1v) is 5.69. The maximum Gasteiger partial charge on any atom is 0.311 e. The van der Waals surface area contributed by atoms with Crippen LogP contribution >= 0.6 is 11.6 Å². The molecule has 0 amide bonds. The molecule has 1 heterocycles. The van der Waals surface area contributed by atoms with Gasteiger partial charge in [-0.15, -0.1) is 0 Å². The monoisotopic (exact) mass is 267 g/mol. The van der Waals surface area contributed by atoms with E-state index in [1.807, 2.05) is 0 Å². The zero-order valence-electron chi connectivity index (χ0n) is 9.44. The summed E-state index contributed by atoms with van der Waals surface area (Å²) in [7, 11) is 0. The largest absolute Gasteiger partial charge is 0.486 e. The number of carbonyl (C=O) groups is 1. The van der Waals surface area contributed by atoms with Crippen molar-refractivity contribution in [1.29, 1.82) is 5.26 Å². The molecule has 0 saturated carbocycles. The standard InChI is InChI=1S/C12H10ClNO4/c13-9-5-8(7-11(15)17-2-1-14)6-10-12(9)18-4-3-16-10/h5-6H,2-4,7H2. The third kappa shape index (κ3) is 2.84. The van der Waals surface area contributed by atoms with Crippen molar-refractivity contribution in [2.45, 2.75) is 6.42 Å². The SMILES string of the molecule is N#CCOC(=O)Cc1cc(Cl)c2c(c1)OCCO2. The molecule has 6 heteroatoms. The summed E-state index contributed by atoms with van der Waals surface area (Å²) in [4.78, 5) is 11.4. The van der Waals surface area contributed by atoms with Crippen LogP contribution in [0.25, 0.3) is 0 Å². The molecule has 2 rings (SSSR count). The van der Waals surface area contributed by atoms with Gasteiger partial charge < -0.3 is 14.2 Å². The number of hydrogen-bond donors (Lipinski definition) is 0. The van der Waals surface area contributed by atoms with E-state index < -0.39 is 5.97 Å². The van der Waals surface area contributed by atoms with Crippen molar-refractivity contribution in [3.8, 4) is 17.6 Å². The maximum absolute atomic E-state index is 11.4. The lowest BCUT2D eigenvalue weighted by molar-refractivity contribution is -0.141. The first-order valence-electron chi connectivity index (χ1n) is 5.31. The predicted molar refractivity (Wildman–Crippen MR) is 62.7 cm³/mol. The number of fused-ring (bicyclic) bond motifs is 1. The van der Waals surface area contributed by atoms with Gasteiger partial charge in [-0.25, -0.2) is 0 Å². The summed E-state index contributed by atoms with van der Waals surface area (Å²) >= 11 is 6.03. The van der Waals surface area contributed by atoms with Crippen LogP contribution in [0.2, 0.25) is 5.02 Å². The summed E-state index contributed by atoms with van der Waals surface area (Å²) in [5.41, 5.74) is 0.659. The summed E-state index contributed by atoms with van der Waals surface area (Å²) in [6, 6.07) is 5.05. The highest BCUT2D eigenvalue weighted by Gasteiger charge is 2.17. The summed E-state index contributed by atoms with van der Waals surface area (Å²) in [5.74, 6) is 0.540. The Balaban J connectivity index is 2.12. The number of hydrogen-bond acceptors (Lipinski definition) is 5. The number of ether oxygens (including phenoxy) is 3. The van der Waals surface area contributed by atoms with E-state index in [1.165, 1.54) is 0 Å². The number of esters is 1. The van der Waals surface area contributed by atoms with E-state index in [4.69, 9.17) is 26.3 Å². The zero-order valence-corrected chi connectivity index (χ0v) is 10.2. The minimum Gasteiger partial charge on any atom is -0.486 e. The molecule has 18 heavy (non-hydrogen) atoms. The molecule has 1 aliphatic rings. The Morgan fingerprint density at radius 2 is 2.22 bits per heavy atom. The Kier molecular flexibility index (Phi) is 3.90. The van der Waals surface area contributed by atoms with Gasteiger partial charge in [-0.05, 0) is 17.7 Å². The van der Waals surface area contributed by atoms with Crippen molar-refractivity contribution in [2.75, 3.05) is 19.8 Å². The van der Waals surface area contributed by atoms with E-state index in [0.29, 0.717) is 35.3 Å². The lowest BCUT2D eigenvalue weighted by atomic mass is 10.1. The molecule has 5 nitrogen and oxygen atoms in total. The molecule has 0 spiro atoms. The first kappa shape index (κ1) is 12.5. The van der Waals surface area contributed by atoms with Crippen molar-refractivity contribution in [3.63, 3.8) is 0 Å². The number of carbonyl (C=O) groups excluding carboxylic acids is 1. The van der Waals surface area contributed by atoms with Crippen LogP contribution in [-0.2, 0) is 16.0 Å². The fourth-order valence-corrected chi connectivity index (χ4v) is 1.88. The van der Waals surface area contributed by atoms with E-state index in [-0.39, 0.29) is 13.0 Å². The first-order chi connectivity index (χ1) is 8.70. The number of nitrogens with zero attached hydrogens (tertiary/aromatic N) is 1. The van der Waals surface area contributed by atoms with Crippen molar-refractivity contribution >= 4 is 17.6 Å². The minimum atomic E-state index is -0.482. The predicted octanol–water partition coefficient (Wildman–Crippen LogP) is 1.72. The molecule has 1 aromatic rings. The van der Waals surface area contributed by atoms with Gasteiger partial charge in [0.1, 0.15) is 19.3 Å². The van der Waals surface area contributed by atoms with Gasteiger partial charge in [0.15, 0.2) is 18.1 Å². The van der Waals surface area contributed by atoms with E-state index >= 15 is 0 Å². The Morgan fingerprint density at radius 1 is 1.44 bits per heavy atom. The summed E-state index contributed by atoms with van der Waals surface area (Å²) in [5, 5.41) is 8.70. The normalized spacial score (nSPS) is 12.7. The molecule has 0 N–H and O–H groups in total. The lowest BCUT2D eigenvalue weighted by Crippen LogP contribution is -2.16. The Hall–Kier alpha value is -1.93. The van der Waals surface area contributed by atoms with Gasteiger partial charge in [0.2, 0.25) is 0 Å². The Morgan fingerprint density at radius 3 is 3.00 bits per heavy atom. The van der Waals surface area contributed by atoms with Gasteiger partial charge >= 0.3 is 5.97 Å². The third-order valence-corrected chi connectivity index (χ3v) is 2.58. The number of nitriles is 1. The quantitative estimate of drug-likeness (QED) is 0.780. The molecule has 0 aromatic heterocycles. The molecule has 0 bridgehead atoms. The van der Waals surface area contributed by atoms with Gasteiger partial charge in [0, 0.05) is 0 Å². The number of benzene rings is 1. The van der Waals surface area contributed by atoms with Gasteiger partial charge in [-0.3, -0.25) is 4.79 Å². The average molecular weight is 268 g/mol. The van der Waals surface area contributed by atoms with Crippen LogP contribution in [0.5, 0.6) is 11.5 Å². The fraction of sp³-hybridized carbons (Fsp3) is 0.333. The third-order valence-electron chi connectivity index (χ3n) is 2.30. The van der Waals surface area contributed by atoms with Crippen molar-refractivity contribution < 1.29 is 19.0 Å². The van der Waals surface area contributed by atoms with Crippen molar-refractivity contribution in [1.82, 2.24) is 0 Å². The van der Waals surface area contributed by atoms with Crippen molar-refractivity contribution in [2.24, 2.45) is 0 Å². The second kappa shape index (κ2) is 5.61. The molecule has 1 aliphatic heterocycles. The van der Waals surface area contributed by atoms with Gasteiger partial charge in [-0.2, -0.15) is 5.26 Å². The second-order valence-electron chi connectivity index (χ2n) is 3.60. The second-order valence-corrected chi connectivity index (χ2v) is 4.00. The molecule has 0 atom stereocenters. The van der Waals surface area contributed by atoms with Gasteiger partial charge in [0.25, 0.3) is 0 Å². The van der Waals surface area contributed by atoms with Crippen LogP contribution in [0, 0.1) is 11.3 Å². The highest BCUT2D eigenvalue weighted by molar-refractivity contribution is 6.32. The molecule has 0 fully saturated rings. The van der Waals surface area contributed by atoms with Gasteiger partial charge in [0.05, 0.1) is 11.4 Å². The van der Waals surface area contributed by atoms with Crippen LogP contribution in [-0.4, -0.2) is 25.8 Å². The number of rotatable bonds is 3. The topological polar surface area (TPSA) is 68.5 Å². The average Bonchev–Trinajstić information content (AvgIpc) is 2.36. The summed E-state index contributed by atoms with van der Waals surface area (Å²) in [6.07, 6.45) is 0.0397. The molecular formula is C12H10ClNO4. The van der Waals surface area contributed by atoms with E-state index in [1.54, 1.807) is 18.2 Å². The van der Waals surface area contributed by atoms with E-state index in [0.717, 1.165) is 0 Å². The smallest absolute Gasteiger partial charge is 0.311 e. The number of halogens is 1. The zero-order chi connectivity index (χ0) is 13.0. The van der Waals surface area contributed by atoms with Crippen molar-refractivity contribution in [3.05, 3.63) is 22.7 Å². The molecule has 0 saturated heterocycles. The molecule has 94 valence electrons. The lowest BCUT2D eigenvalue weighted by Gasteiger charge is -2.20. The molecule has 1 aromatic carbocycles. The highest BCUT2D eigenvalue weighted by Crippen LogP contribution is 2.38. The molecule has 0 aliphatic carbocycles. The Bertz CT molecular complexity index is 510. The molecular weight excluding hydrogens is 258 g/mol. The summed E-state index contributed by atoms with van der Waals surface area (Å²) < 4.78 is 15.4. The Labute approximate surface area is 109 Å². The van der Waals surface area contributed by atoms with Crippen LogP contribution < -0.4 is 9.47 Å². The maximum atomic E-state index is 11.4. The van der Waals surface area contributed by atoms with Crippen LogP contribution in [0.4, 0.5) is 0 Å². The van der Waals surface area contributed by atoms with Crippen LogP contribution in [0.3, 0.4) is 0 Å². The fourth-order valence-electron chi connectivity index (χ4n) is 1.60. The highest BCUT2D eigenvalue weighted by atomic mass is 35.5. The summed E-state index contributed by atoms with van der Waals surface area (Å²) in [6.45, 7) is 0.652. The van der Waals surface area contributed by atoms with Crippen LogP contribution in [0.15, 0.2) is 12.1 Å². The molecule has 0 radical (unpaired) electrons. The van der Waals surface area contributed by atoms with E-state index in [2.05, 4.69) is 4.74 Å².